The largest absolute Gasteiger partial charge is 0.349 e. The van der Waals surface area contributed by atoms with Gasteiger partial charge in [-0.15, -0.1) is 0 Å². The van der Waals surface area contributed by atoms with Gasteiger partial charge in [0.05, 0.1) is 4.90 Å². The van der Waals surface area contributed by atoms with Gasteiger partial charge in [0.15, 0.2) is 0 Å². The van der Waals surface area contributed by atoms with E-state index in [1.807, 2.05) is 18.4 Å². The smallest absolute Gasteiger partial charge is 0.242 e. The number of aromatic nitrogens is 1. The fraction of sp³-hybridized carbons (Fsp3) is 0.692. The molecule has 1 heterocycles. The molecule has 0 spiro atoms. The van der Waals surface area contributed by atoms with Crippen LogP contribution in [0, 0.1) is 0 Å². The molecule has 110 valence electrons. The molecule has 0 bridgehead atoms. The van der Waals surface area contributed by atoms with Gasteiger partial charge < -0.3 is 9.88 Å². The lowest BCUT2D eigenvalue weighted by atomic mass is 10.4. The van der Waals surface area contributed by atoms with Crippen LogP contribution in [-0.2, 0) is 23.1 Å². The third-order valence-electron chi connectivity index (χ3n) is 2.89. The minimum Gasteiger partial charge on any atom is -0.349 e. The molecule has 1 rings (SSSR count). The van der Waals surface area contributed by atoms with Crippen LogP contribution in [0.25, 0.3) is 0 Å². The van der Waals surface area contributed by atoms with Crippen LogP contribution in [0.3, 0.4) is 0 Å². The topological polar surface area (TPSA) is 63.1 Å². The normalized spacial score (nSPS) is 11.9. The molecule has 0 amide bonds. The number of sulfonamides is 1. The Balaban J connectivity index is 2.85. The Morgan fingerprint density at radius 2 is 1.84 bits per heavy atom. The van der Waals surface area contributed by atoms with E-state index in [0.29, 0.717) is 18.0 Å². The van der Waals surface area contributed by atoms with Crippen LogP contribution >= 0.6 is 0 Å². The lowest BCUT2D eigenvalue weighted by Crippen LogP contribution is -2.24. The summed E-state index contributed by atoms with van der Waals surface area (Å²) in [6.45, 7) is 8.95. The van der Waals surface area contributed by atoms with Gasteiger partial charge in [-0.3, -0.25) is 0 Å². The monoisotopic (exact) mass is 287 g/mol. The number of aryl methyl sites for hydroxylation is 1. The number of rotatable bonds is 9. The number of nitrogens with zero attached hydrogens (tertiary/aromatic N) is 1. The van der Waals surface area contributed by atoms with E-state index in [9.17, 15) is 8.42 Å². The van der Waals surface area contributed by atoms with E-state index in [2.05, 4.69) is 17.0 Å². The van der Waals surface area contributed by atoms with Crippen molar-refractivity contribution < 1.29 is 8.42 Å². The Labute approximate surface area is 116 Å². The van der Waals surface area contributed by atoms with Crippen molar-refractivity contribution in [3.05, 3.63) is 18.0 Å². The van der Waals surface area contributed by atoms with Gasteiger partial charge >= 0.3 is 0 Å². The van der Waals surface area contributed by atoms with Crippen LogP contribution in [0.5, 0.6) is 0 Å². The number of nitrogens with one attached hydrogen (secondary N) is 2. The minimum absolute atomic E-state index is 0.357. The Bertz CT molecular complexity index is 480. The van der Waals surface area contributed by atoms with Crippen LogP contribution < -0.4 is 10.0 Å². The molecule has 19 heavy (non-hydrogen) atoms. The molecule has 5 nitrogen and oxygen atoms in total. The summed E-state index contributed by atoms with van der Waals surface area (Å²) in [6.07, 6.45) is 3.57. The molecule has 0 aromatic carbocycles. The third-order valence-corrected chi connectivity index (χ3v) is 4.31. The van der Waals surface area contributed by atoms with Crippen LogP contribution in [0.2, 0.25) is 0 Å². The van der Waals surface area contributed by atoms with Crippen molar-refractivity contribution in [3.8, 4) is 0 Å². The van der Waals surface area contributed by atoms with Crippen molar-refractivity contribution in [1.82, 2.24) is 14.6 Å². The van der Waals surface area contributed by atoms with E-state index in [-0.39, 0.29) is 0 Å². The molecule has 0 radical (unpaired) electrons. The van der Waals surface area contributed by atoms with Crippen molar-refractivity contribution in [1.29, 1.82) is 0 Å². The first-order valence-corrected chi connectivity index (χ1v) is 8.42. The second kappa shape index (κ2) is 7.67. The van der Waals surface area contributed by atoms with Crippen LogP contribution in [-0.4, -0.2) is 26.1 Å². The molecule has 0 atom stereocenters. The first-order chi connectivity index (χ1) is 9.05. The van der Waals surface area contributed by atoms with E-state index in [0.717, 1.165) is 31.6 Å². The zero-order valence-electron chi connectivity index (χ0n) is 12.1. The second-order valence-electron chi connectivity index (χ2n) is 4.53. The highest BCUT2D eigenvalue weighted by atomic mass is 32.2. The summed E-state index contributed by atoms with van der Waals surface area (Å²) in [4.78, 5) is 0.357. The summed E-state index contributed by atoms with van der Waals surface area (Å²) in [5, 5.41) is 3.30. The molecule has 2 N–H and O–H groups in total. The Hall–Kier alpha value is -0.850. The lowest BCUT2D eigenvalue weighted by Gasteiger charge is -2.06. The van der Waals surface area contributed by atoms with Gasteiger partial charge in [-0.25, -0.2) is 13.1 Å². The summed E-state index contributed by atoms with van der Waals surface area (Å²) >= 11 is 0. The molecule has 0 fully saturated rings. The zero-order valence-corrected chi connectivity index (χ0v) is 12.9. The van der Waals surface area contributed by atoms with Crippen LogP contribution in [0.15, 0.2) is 17.2 Å². The van der Waals surface area contributed by atoms with Crippen molar-refractivity contribution in [3.63, 3.8) is 0 Å². The fourth-order valence-corrected chi connectivity index (χ4v) is 3.02. The highest BCUT2D eigenvalue weighted by molar-refractivity contribution is 7.89. The number of hydrogen-bond acceptors (Lipinski definition) is 3. The van der Waals surface area contributed by atoms with Crippen LogP contribution in [0.1, 0.15) is 39.3 Å². The first-order valence-electron chi connectivity index (χ1n) is 6.94. The number of hydrogen-bond donors (Lipinski definition) is 2. The molecule has 0 saturated heterocycles. The molecule has 0 aliphatic rings. The first kappa shape index (κ1) is 16.2. The summed E-state index contributed by atoms with van der Waals surface area (Å²) in [5.41, 5.74) is 1.01. The van der Waals surface area contributed by atoms with E-state index in [1.54, 1.807) is 12.3 Å². The van der Waals surface area contributed by atoms with Gasteiger partial charge in [-0.1, -0.05) is 13.8 Å². The predicted octanol–water partition coefficient (Wildman–Crippen LogP) is 1.70. The Morgan fingerprint density at radius 1 is 1.16 bits per heavy atom. The molecule has 1 aromatic rings. The van der Waals surface area contributed by atoms with Crippen molar-refractivity contribution in [2.45, 2.75) is 51.6 Å². The molecule has 1 aromatic heterocycles. The minimum atomic E-state index is -3.36. The van der Waals surface area contributed by atoms with Gasteiger partial charge in [-0.05, 0) is 32.4 Å². The Morgan fingerprint density at radius 3 is 2.42 bits per heavy atom. The maximum atomic E-state index is 12.1. The van der Waals surface area contributed by atoms with Gasteiger partial charge in [-0.2, -0.15) is 0 Å². The maximum absolute atomic E-state index is 12.1. The van der Waals surface area contributed by atoms with Crippen molar-refractivity contribution in [2.24, 2.45) is 0 Å². The molecule has 0 unspecified atom stereocenters. The third kappa shape index (κ3) is 4.63. The average molecular weight is 287 g/mol. The van der Waals surface area contributed by atoms with Gasteiger partial charge in [0.1, 0.15) is 0 Å². The molecule has 6 heteroatoms. The predicted molar refractivity (Wildman–Crippen MR) is 77.6 cm³/mol. The van der Waals surface area contributed by atoms with E-state index >= 15 is 0 Å². The SMILES string of the molecule is CCCNCc1cc(S(=O)(=O)NCCC)cn1CC. The second-order valence-corrected chi connectivity index (χ2v) is 6.29. The van der Waals surface area contributed by atoms with Gasteiger partial charge in [0.2, 0.25) is 10.0 Å². The van der Waals surface area contributed by atoms with Crippen molar-refractivity contribution in [2.75, 3.05) is 13.1 Å². The highest BCUT2D eigenvalue weighted by Gasteiger charge is 2.17. The molecular weight excluding hydrogens is 262 g/mol. The Kier molecular flexibility index (Phi) is 6.54. The quantitative estimate of drug-likeness (QED) is 0.680. The maximum Gasteiger partial charge on any atom is 0.242 e. The molecule has 0 saturated carbocycles. The highest BCUT2D eigenvalue weighted by Crippen LogP contribution is 2.14. The lowest BCUT2D eigenvalue weighted by molar-refractivity contribution is 0.580. The van der Waals surface area contributed by atoms with E-state index in [4.69, 9.17) is 0 Å². The zero-order chi connectivity index (χ0) is 14.3. The summed E-state index contributed by atoms with van der Waals surface area (Å²) < 4.78 is 28.7. The molecule has 0 aliphatic carbocycles. The van der Waals surface area contributed by atoms with E-state index < -0.39 is 10.0 Å². The average Bonchev–Trinajstić information content (AvgIpc) is 2.81. The summed E-state index contributed by atoms with van der Waals surface area (Å²) in [6, 6.07) is 1.75. The standard InChI is InChI=1S/C13H25N3O2S/c1-4-7-14-10-12-9-13(11-16(12)6-3)19(17,18)15-8-5-2/h9,11,14-15H,4-8,10H2,1-3H3. The summed E-state index contributed by atoms with van der Waals surface area (Å²) in [7, 11) is -3.36. The molecular formula is C13H25N3O2S. The van der Waals surface area contributed by atoms with Crippen molar-refractivity contribution >= 4 is 10.0 Å². The van der Waals surface area contributed by atoms with E-state index in [1.165, 1.54) is 0 Å². The van der Waals surface area contributed by atoms with Gasteiger partial charge in [0, 0.05) is 31.5 Å². The fourth-order valence-electron chi connectivity index (χ4n) is 1.83. The molecule has 0 aliphatic heterocycles. The van der Waals surface area contributed by atoms with Gasteiger partial charge in [0.25, 0.3) is 0 Å². The van der Waals surface area contributed by atoms with Crippen LogP contribution in [0.4, 0.5) is 0 Å². The summed E-state index contributed by atoms with van der Waals surface area (Å²) in [5.74, 6) is 0.